The highest BCUT2D eigenvalue weighted by atomic mass is 32.2. The van der Waals surface area contributed by atoms with Gasteiger partial charge in [0, 0.05) is 4.91 Å². The number of benzene rings is 1. The molecule has 0 aliphatic carbocycles. The molecule has 0 spiro atoms. The molecule has 1 aromatic rings. The van der Waals surface area contributed by atoms with Crippen molar-refractivity contribution in [2.75, 3.05) is 0 Å². The van der Waals surface area contributed by atoms with Crippen molar-refractivity contribution in [1.82, 2.24) is 0 Å². The average molecular weight is 306 g/mol. The minimum absolute atomic E-state index is 0.420. The number of aryl methyl sites for hydroxylation is 1. The number of oxime groups is 1. The molecule has 102 valence electrons. The summed E-state index contributed by atoms with van der Waals surface area (Å²) in [5.41, 5.74) is 2.40. The molecule has 0 bridgehead atoms. The summed E-state index contributed by atoms with van der Waals surface area (Å²) in [6, 6.07) is 9.78. The maximum atomic E-state index is 10.4. The summed E-state index contributed by atoms with van der Waals surface area (Å²) >= 11 is -1.23. The van der Waals surface area contributed by atoms with Crippen molar-refractivity contribution in [3.8, 4) is 6.07 Å². The summed E-state index contributed by atoms with van der Waals surface area (Å²) in [6.07, 6.45) is 3.36. The maximum Gasteiger partial charge on any atom is 0.378 e. The lowest BCUT2D eigenvalue weighted by atomic mass is 10.0. The molecule has 0 aromatic heterocycles. The Bertz CT molecular complexity index is 687. The Morgan fingerprint density at radius 2 is 2.20 bits per heavy atom. The number of hydrogen-bond acceptors (Lipinski definition) is 5. The van der Waals surface area contributed by atoms with Gasteiger partial charge in [0.2, 0.25) is 0 Å². The van der Waals surface area contributed by atoms with E-state index in [1.165, 1.54) is 11.8 Å². The number of nitrogens with zero attached hydrogens (tertiary/aromatic N) is 2. The number of thioether (sulfide) groups is 1. The van der Waals surface area contributed by atoms with E-state index in [1.807, 2.05) is 31.2 Å². The van der Waals surface area contributed by atoms with Crippen molar-refractivity contribution >= 4 is 33.7 Å². The van der Waals surface area contributed by atoms with E-state index < -0.39 is 11.4 Å². The predicted molar refractivity (Wildman–Crippen MR) is 79.7 cm³/mol. The van der Waals surface area contributed by atoms with Crippen molar-refractivity contribution in [3.63, 3.8) is 0 Å². The van der Waals surface area contributed by atoms with Crippen LogP contribution < -0.4 is 0 Å². The molecule has 20 heavy (non-hydrogen) atoms. The molecule has 0 saturated heterocycles. The largest absolute Gasteiger partial charge is 0.378 e. The molecular weight excluding hydrogens is 296 g/mol. The van der Waals surface area contributed by atoms with Crippen molar-refractivity contribution in [2.24, 2.45) is 5.16 Å². The number of nitriles is 1. The lowest BCUT2D eigenvalue weighted by Gasteiger charge is -2.05. The second-order valence-corrected chi connectivity index (χ2v) is 5.47. The third-order valence-corrected chi connectivity index (χ3v) is 3.74. The van der Waals surface area contributed by atoms with Crippen LogP contribution in [0.5, 0.6) is 0 Å². The Kier molecular flexibility index (Phi) is 4.74. The fourth-order valence-corrected chi connectivity index (χ4v) is 2.70. The van der Waals surface area contributed by atoms with Gasteiger partial charge in [-0.05, 0) is 30.2 Å². The Morgan fingerprint density at radius 1 is 1.45 bits per heavy atom. The molecule has 5 nitrogen and oxygen atoms in total. The lowest BCUT2D eigenvalue weighted by molar-refractivity contribution is 0.327. The van der Waals surface area contributed by atoms with Gasteiger partial charge in [-0.2, -0.15) is 9.47 Å². The van der Waals surface area contributed by atoms with E-state index in [1.54, 1.807) is 12.2 Å². The summed E-state index contributed by atoms with van der Waals surface area (Å²) in [4.78, 5) is 0.730. The van der Waals surface area contributed by atoms with Crippen LogP contribution in [0.2, 0.25) is 0 Å². The molecule has 1 atom stereocenters. The van der Waals surface area contributed by atoms with Gasteiger partial charge in [-0.15, -0.1) is 0 Å². The lowest BCUT2D eigenvalue weighted by Crippen LogP contribution is -1.91. The SMILES string of the molecule is Cc1ccccc1/C(C#N)=C1\C=CC(=NOS(=O)O)S1. The van der Waals surface area contributed by atoms with Crippen molar-refractivity contribution in [2.45, 2.75) is 6.92 Å². The van der Waals surface area contributed by atoms with E-state index in [2.05, 4.69) is 15.5 Å². The Balaban J connectivity index is 2.32. The van der Waals surface area contributed by atoms with E-state index in [9.17, 15) is 9.47 Å². The summed E-state index contributed by atoms with van der Waals surface area (Å²) in [5, 5.41) is 13.3. The van der Waals surface area contributed by atoms with E-state index in [0.29, 0.717) is 10.6 Å². The predicted octanol–water partition coefficient (Wildman–Crippen LogP) is 3.00. The normalized spacial score (nSPS) is 19.8. The second kappa shape index (κ2) is 6.52. The van der Waals surface area contributed by atoms with Crippen LogP contribution in [0.1, 0.15) is 11.1 Å². The third kappa shape index (κ3) is 3.36. The van der Waals surface area contributed by atoms with Crippen LogP contribution in [-0.4, -0.2) is 13.8 Å². The van der Waals surface area contributed by atoms with Gasteiger partial charge in [-0.1, -0.05) is 41.2 Å². The molecule has 1 aliphatic rings. The van der Waals surface area contributed by atoms with Gasteiger partial charge in [0.25, 0.3) is 0 Å². The average Bonchev–Trinajstić information content (AvgIpc) is 2.88. The van der Waals surface area contributed by atoms with Gasteiger partial charge < -0.3 is 0 Å². The van der Waals surface area contributed by atoms with Crippen LogP contribution in [0, 0.1) is 18.3 Å². The molecule has 7 heteroatoms. The van der Waals surface area contributed by atoms with Gasteiger partial charge in [-0.3, -0.25) is 8.84 Å². The second-order valence-electron chi connectivity index (χ2n) is 3.82. The molecular formula is C13H10N2O3S2. The molecule has 0 fully saturated rings. The van der Waals surface area contributed by atoms with Crippen LogP contribution in [-0.2, 0) is 15.6 Å². The summed E-state index contributed by atoms with van der Waals surface area (Å²) in [6.45, 7) is 1.93. The summed E-state index contributed by atoms with van der Waals surface area (Å²) in [7, 11) is 0. The Labute approximate surface area is 123 Å². The van der Waals surface area contributed by atoms with Gasteiger partial charge in [-0.25, -0.2) is 0 Å². The Morgan fingerprint density at radius 3 is 2.85 bits per heavy atom. The number of rotatable bonds is 3. The molecule has 0 amide bonds. The first kappa shape index (κ1) is 14.5. The van der Waals surface area contributed by atoms with E-state index >= 15 is 0 Å². The fourth-order valence-electron chi connectivity index (χ4n) is 1.68. The van der Waals surface area contributed by atoms with Gasteiger partial charge in [0.15, 0.2) is 0 Å². The Hall–Kier alpha value is -1.88. The zero-order valence-corrected chi connectivity index (χ0v) is 12.1. The minimum atomic E-state index is -2.44. The highest BCUT2D eigenvalue weighted by molar-refractivity contribution is 8.18. The molecule has 1 aromatic carbocycles. The zero-order chi connectivity index (χ0) is 14.5. The molecule has 2 rings (SSSR count). The smallest absolute Gasteiger partial charge is 0.273 e. The first-order valence-electron chi connectivity index (χ1n) is 5.54. The molecule has 0 radical (unpaired) electrons. The molecule has 1 aliphatic heterocycles. The van der Waals surface area contributed by atoms with E-state index in [4.69, 9.17) is 4.55 Å². The van der Waals surface area contributed by atoms with Gasteiger partial charge in [0.05, 0.1) is 5.57 Å². The van der Waals surface area contributed by atoms with Crippen molar-refractivity contribution in [1.29, 1.82) is 5.26 Å². The van der Waals surface area contributed by atoms with Crippen LogP contribution in [0.15, 0.2) is 46.5 Å². The zero-order valence-electron chi connectivity index (χ0n) is 10.4. The maximum absolute atomic E-state index is 10.4. The van der Waals surface area contributed by atoms with Gasteiger partial charge >= 0.3 is 11.4 Å². The topological polar surface area (TPSA) is 82.7 Å². The third-order valence-electron chi connectivity index (χ3n) is 2.56. The van der Waals surface area contributed by atoms with E-state index in [0.717, 1.165) is 16.0 Å². The van der Waals surface area contributed by atoms with Crippen LogP contribution in [0.25, 0.3) is 5.57 Å². The van der Waals surface area contributed by atoms with Crippen LogP contribution in [0.4, 0.5) is 0 Å². The van der Waals surface area contributed by atoms with Crippen LogP contribution >= 0.6 is 11.8 Å². The first-order valence-corrected chi connectivity index (χ1v) is 7.39. The van der Waals surface area contributed by atoms with Crippen LogP contribution in [0.3, 0.4) is 0 Å². The minimum Gasteiger partial charge on any atom is -0.273 e. The quantitative estimate of drug-likeness (QED) is 0.527. The highest BCUT2D eigenvalue weighted by Gasteiger charge is 2.16. The first-order chi connectivity index (χ1) is 9.61. The number of hydrogen-bond donors (Lipinski definition) is 1. The van der Waals surface area contributed by atoms with Crippen molar-refractivity contribution < 1.29 is 13.0 Å². The standard InChI is InChI=1S/C13H10N2O3S2/c1-9-4-2-3-5-10(9)11(8-14)12-6-7-13(19-12)15-18-20(16)17/h2-7H,1H3,(H,16,17)/b12-11+,15-13?. The molecule has 0 saturated carbocycles. The highest BCUT2D eigenvalue weighted by Crippen LogP contribution is 2.34. The summed E-state index contributed by atoms with van der Waals surface area (Å²) in [5.74, 6) is 0. The van der Waals surface area contributed by atoms with Gasteiger partial charge in [0.1, 0.15) is 11.1 Å². The number of allylic oxidation sites excluding steroid dienone is 2. The van der Waals surface area contributed by atoms with E-state index in [-0.39, 0.29) is 0 Å². The monoisotopic (exact) mass is 306 g/mol. The van der Waals surface area contributed by atoms with Crippen molar-refractivity contribution in [3.05, 3.63) is 52.4 Å². The molecule has 1 N–H and O–H groups in total. The molecule has 1 unspecified atom stereocenters. The summed E-state index contributed by atoms with van der Waals surface area (Å²) < 4.78 is 23.1. The fraction of sp³-hybridized carbons (Fsp3) is 0.0769. The molecule has 1 heterocycles.